The molecule has 2 aromatic rings. The molecule has 0 aromatic heterocycles. The summed E-state index contributed by atoms with van der Waals surface area (Å²) in [6, 6.07) is 10.9. The molecular weight excluding hydrogens is 463 g/mol. The largest absolute Gasteiger partial charge is 0.484 e. The minimum Gasteiger partial charge on any atom is -0.484 e. The van der Waals surface area contributed by atoms with Crippen molar-refractivity contribution in [1.82, 2.24) is 10.2 Å². The van der Waals surface area contributed by atoms with Crippen LogP contribution in [-0.2, 0) is 16.1 Å². The molecule has 0 heterocycles. The van der Waals surface area contributed by atoms with Gasteiger partial charge in [0.05, 0.1) is 0 Å². The van der Waals surface area contributed by atoms with Gasteiger partial charge in [-0.3, -0.25) is 9.59 Å². The summed E-state index contributed by atoms with van der Waals surface area (Å²) in [5, 5.41) is 3.06. The van der Waals surface area contributed by atoms with Crippen molar-refractivity contribution >= 4 is 27.7 Å². The molecule has 1 saturated carbocycles. The lowest BCUT2D eigenvalue weighted by atomic mass is 10.1. The van der Waals surface area contributed by atoms with Crippen molar-refractivity contribution < 1.29 is 18.7 Å². The van der Waals surface area contributed by atoms with Crippen molar-refractivity contribution in [2.75, 3.05) is 6.61 Å². The van der Waals surface area contributed by atoms with Crippen LogP contribution in [0.15, 0.2) is 46.9 Å². The number of benzene rings is 2. The van der Waals surface area contributed by atoms with Crippen LogP contribution in [0.5, 0.6) is 5.75 Å². The Morgan fingerprint density at radius 1 is 1.19 bits per heavy atom. The average molecular weight is 491 g/mol. The number of aryl methyl sites for hydroxylation is 1. The van der Waals surface area contributed by atoms with Crippen LogP contribution in [-0.4, -0.2) is 35.4 Å². The predicted molar refractivity (Wildman–Crippen MR) is 121 cm³/mol. The first-order valence-corrected chi connectivity index (χ1v) is 11.4. The first-order chi connectivity index (χ1) is 14.8. The molecule has 0 aliphatic heterocycles. The number of ether oxygens (including phenoxy) is 1. The first-order valence-electron chi connectivity index (χ1n) is 10.6. The maximum absolute atomic E-state index is 13.3. The van der Waals surface area contributed by atoms with Gasteiger partial charge in [0.15, 0.2) is 6.61 Å². The highest BCUT2D eigenvalue weighted by atomic mass is 79.9. The second-order valence-electron chi connectivity index (χ2n) is 8.01. The normalized spacial score (nSPS) is 14.8. The molecule has 166 valence electrons. The molecule has 0 bridgehead atoms. The molecule has 2 amide bonds. The summed E-state index contributed by atoms with van der Waals surface area (Å²) in [7, 11) is 0. The van der Waals surface area contributed by atoms with Crippen molar-refractivity contribution in [2.24, 2.45) is 0 Å². The zero-order valence-corrected chi connectivity index (χ0v) is 19.5. The monoisotopic (exact) mass is 490 g/mol. The molecule has 2 aromatic carbocycles. The van der Waals surface area contributed by atoms with Crippen LogP contribution in [0.3, 0.4) is 0 Å². The van der Waals surface area contributed by atoms with E-state index in [0.29, 0.717) is 5.75 Å². The van der Waals surface area contributed by atoms with Gasteiger partial charge < -0.3 is 15.0 Å². The lowest BCUT2D eigenvalue weighted by molar-refractivity contribution is -0.142. The Morgan fingerprint density at radius 2 is 1.87 bits per heavy atom. The summed E-state index contributed by atoms with van der Waals surface area (Å²) in [5.41, 5.74) is 1.74. The highest BCUT2D eigenvalue weighted by Crippen LogP contribution is 2.22. The van der Waals surface area contributed by atoms with Gasteiger partial charge in [-0.05, 0) is 68.1 Å². The van der Waals surface area contributed by atoms with E-state index in [1.165, 1.54) is 17.0 Å². The molecule has 1 atom stereocenters. The Balaban J connectivity index is 1.71. The molecule has 1 fully saturated rings. The summed E-state index contributed by atoms with van der Waals surface area (Å²) < 4.78 is 20.0. The number of nitrogens with one attached hydrogen (secondary N) is 1. The van der Waals surface area contributed by atoms with Gasteiger partial charge in [-0.25, -0.2) is 4.39 Å². The van der Waals surface area contributed by atoms with Crippen LogP contribution in [0.1, 0.15) is 43.7 Å². The van der Waals surface area contributed by atoms with E-state index >= 15 is 0 Å². The van der Waals surface area contributed by atoms with Crippen molar-refractivity contribution in [2.45, 2.75) is 58.2 Å². The summed E-state index contributed by atoms with van der Waals surface area (Å²) in [4.78, 5) is 27.4. The average Bonchev–Trinajstić information content (AvgIpc) is 3.26. The fourth-order valence-electron chi connectivity index (χ4n) is 3.70. The minimum absolute atomic E-state index is 0.166. The van der Waals surface area contributed by atoms with E-state index in [1.54, 1.807) is 25.1 Å². The number of halogens is 2. The number of nitrogens with zero attached hydrogens (tertiary/aromatic N) is 1. The zero-order chi connectivity index (χ0) is 22.4. The predicted octanol–water partition coefficient (Wildman–Crippen LogP) is 4.75. The number of hydrogen-bond acceptors (Lipinski definition) is 3. The maximum Gasteiger partial charge on any atom is 0.261 e. The highest BCUT2D eigenvalue weighted by Gasteiger charge is 2.28. The van der Waals surface area contributed by atoms with Gasteiger partial charge in [0.2, 0.25) is 5.91 Å². The molecule has 1 N–H and O–H groups in total. The number of rotatable bonds is 8. The number of carbonyl (C=O) groups is 2. The van der Waals surface area contributed by atoms with E-state index in [2.05, 4.69) is 21.2 Å². The number of hydrogen-bond donors (Lipinski definition) is 1. The van der Waals surface area contributed by atoms with Crippen molar-refractivity contribution in [1.29, 1.82) is 0 Å². The van der Waals surface area contributed by atoms with Crippen LogP contribution >= 0.6 is 15.9 Å². The van der Waals surface area contributed by atoms with Crippen molar-refractivity contribution in [3.8, 4) is 5.75 Å². The minimum atomic E-state index is -0.673. The quantitative estimate of drug-likeness (QED) is 0.580. The van der Waals surface area contributed by atoms with E-state index in [0.717, 1.165) is 41.3 Å². The topological polar surface area (TPSA) is 58.6 Å². The van der Waals surface area contributed by atoms with Crippen molar-refractivity contribution in [3.05, 3.63) is 63.9 Å². The zero-order valence-electron chi connectivity index (χ0n) is 17.9. The van der Waals surface area contributed by atoms with Gasteiger partial charge >= 0.3 is 0 Å². The van der Waals surface area contributed by atoms with Crippen LogP contribution in [0, 0.1) is 12.7 Å². The molecule has 31 heavy (non-hydrogen) atoms. The summed E-state index contributed by atoms with van der Waals surface area (Å²) >= 11 is 3.44. The molecular formula is C24H28BrFN2O3. The lowest BCUT2D eigenvalue weighted by Gasteiger charge is -2.29. The van der Waals surface area contributed by atoms with Crippen LogP contribution in [0.2, 0.25) is 0 Å². The maximum atomic E-state index is 13.3. The van der Waals surface area contributed by atoms with Gasteiger partial charge in [-0.15, -0.1) is 0 Å². The second kappa shape index (κ2) is 10.8. The summed E-state index contributed by atoms with van der Waals surface area (Å²) in [6.07, 6.45) is 4.16. The standard InChI is InChI=1S/C24H28BrFN2O3/c1-16-13-21(11-12-22(16)25)31-15-23(29)28(14-18-7-9-19(26)10-8-18)17(2)24(30)27-20-5-3-4-6-20/h7-13,17,20H,3-6,14-15H2,1-2H3,(H,27,30)/t17-/m0/s1. The van der Waals surface area contributed by atoms with Crippen LogP contribution < -0.4 is 10.1 Å². The van der Waals surface area contributed by atoms with E-state index in [4.69, 9.17) is 4.74 Å². The molecule has 3 rings (SSSR count). The third-order valence-electron chi connectivity index (χ3n) is 5.63. The Bertz CT molecular complexity index is 914. The smallest absolute Gasteiger partial charge is 0.261 e. The fraction of sp³-hybridized carbons (Fsp3) is 0.417. The van der Waals surface area contributed by atoms with E-state index < -0.39 is 6.04 Å². The Morgan fingerprint density at radius 3 is 2.52 bits per heavy atom. The van der Waals surface area contributed by atoms with Gasteiger partial charge in [-0.1, -0.05) is 40.9 Å². The van der Waals surface area contributed by atoms with E-state index in [-0.39, 0.29) is 36.8 Å². The molecule has 0 saturated heterocycles. The van der Waals surface area contributed by atoms with Gasteiger partial charge in [-0.2, -0.15) is 0 Å². The SMILES string of the molecule is Cc1cc(OCC(=O)N(Cc2ccc(F)cc2)[C@@H](C)C(=O)NC2CCCC2)ccc1Br. The molecule has 0 unspecified atom stereocenters. The van der Waals surface area contributed by atoms with E-state index in [1.807, 2.05) is 19.1 Å². The van der Waals surface area contributed by atoms with Gasteiger partial charge in [0.25, 0.3) is 5.91 Å². The van der Waals surface area contributed by atoms with Gasteiger partial charge in [0.1, 0.15) is 17.6 Å². The Hall–Kier alpha value is -2.41. The molecule has 5 nitrogen and oxygen atoms in total. The fourth-order valence-corrected chi connectivity index (χ4v) is 3.94. The second-order valence-corrected chi connectivity index (χ2v) is 8.87. The molecule has 7 heteroatoms. The third-order valence-corrected chi connectivity index (χ3v) is 6.52. The third kappa shape index (κ3) is 6.53. The lowest BCUT2D eigenvalue weighted by Crippen LogP contribution is -2.50. The molecule has 1 aliphatic carbocycles. The first kappa shape index (κ1) is 23.3. The summed E-state index contributed by atoms with van der Waals surface area (Å²) in [5.74, 6) is -0.248. The van der Waals surface area contributed by atoms with Crippen molar-refractivity contribution in [3.63, 3.8) is 0 Å². The Labute approximate surface area is 191 Å². The molecule has 0 radical (unpaired) electrons. The van der Waals surface area contributed by atoms with Crippen LogP contribution in [0.25, 0.3) is 0 Å². The van der Waals surface area contributed by atoms with Gasteiger partial charge in [0, 0.05) is 17.1 Å². The summed E-state index contributed by atoms with van der Waals surface area (Å²) in [6.45, 7) is 3.66. The number of carbonyl (C=O) groups excluding carboxylic acids is 2. The van der Waals surface area contributed by atoms with E-state index in [9.17, 15) is 14.0 Å². The Kier molecular flexibility index (Phi) is 8.07. The van der Waals surface area contributed by atoms with Crippen LogP contribution in [0.4, 0.5) is 4.39 Å². The highest BCUT2D eigenvalue weighted by molar-refractivity contribution is 9.10. The number of amides is 2. The molecule has 0 spiro atoms. The molecule has 1 aliphatic rings.